The molecule has 2 bridgehead atoms. The molecule has 0 saturated carbocycles. The van der Waals surface area contributed by atoms with Gasteiger partial charge in [-0.05, 0) is 38.5 Å². The number of hydrogen-bond acceptors (Lipinski definition) is 6. The van der Waals surface area contributed by atoms with Crippen LogP contribution in [0, 0.1) is 5.82 Å². The van der Waals surface area contributed by atoms with Crippen molar-refractivity contribution in [1.82, 2.24) is 30.2 Å². The lowest BCUT2D eigenvalue weighted by molar-refractivity contribution is -0.0507. The van der Waals surface area contributed by atoms with Crippen molar-refractivity contribution in [2.24, 2.45) is 0 Å². The molecule has 0 spiro atoms. The quantitative estimate of drug-likeness (QED) is 0.341. The fourth-order valence-electron chi connectivity index (χ4n) is 5.37. The predicted molar refractivity (Wildman–Crippen MR) is 131 cm³/mol. The Morgan fingerprint density at radius 1 is 1.23 bits per heavy atom. The zero-order valence-electron chi connectivity index (χ0n) is 20.6. The fourth-order valence-corrected chi connectivity index (χ4v) is 5.37. The number of fused-ring (bicyclic) bond motifs is 9. The van der Waals surface area contributed by atoms with E-state index in [4.69, 9.17) is 9.84 Å². The summed E-state index contributed by atoms with van der Waals surface area (Å²) in [6.07, 6.45) is 1.91. The number of hydrogen-bond donors (Lipinski definition) is 3. The molecule has 3 N–H and O–H groups in total. The summed E-state index contributed by atoms with van der Waals surface area (Å²) in [7, 11) is 0. The molecule has 0 fully saturated rings. The number of alkyl halides is 2. The molecule has 10 nitrogen and oxygen atoms in total. The van der Waals surface area contributed by atoms with E-state index in [2.05, 4.69) is 25.6 Å². The second-order valence-electron chi connectivity index (χ2n) is 9.88. The van der Waals surface area contributed by atoms with Gasteiger partial charge in [0, 0.05) is 40.7 Å². The van der Waals surface area contributed by atoms with Gasteiger partial charge in [-0.15, -0.1) is 0 Å². The maximum Gasteiger partial charge on any atom is 0.405 e. The minimum atomic E-state index is -3.08. The van der Waals surface area contributed by atoms with E-state index in [9.17, 15) is 18.4 Å². The van der Waals surface area contributed by atoms with E-state index in [-0.39, 0.29) is 22.7 Å². The number of rotatable bonds is 5. The third-order valence-corrected chi connectivity index (χ3v) is 6.99. The van der Waals surface area contributed by atoms with Crippen LogP contribution in [-0.2, 0) is 5.54 Å². The number of amides is 2. The number of nitrogens with one attached hydrogen (secondary N) is 2. The summed E-state index contributed by atoms with van der Waals surface area (Å²) >= 11 is 0. The lowest BCUT2D eigenvalue weighted by Crippen LogP contribution is -2.41. The Balaban J connectivity index is 1.47. The van der Waals surface area contributed by atoms with Crippen LogP contribution in [0.3, 0.4) is 0 Å². The van der Waals surface area contributed by atoms with E-state index in [1.54, 1.807) is 26.0 Å². The highest BCUT2D eigenvalue weighted by atomic mass is 19.3. The first-order valence-corrected chi connectivity index (χ1v) is 12.0. The summed E-state index contributed by atoms with van der Waals surface area (Å²) in [6, 6.07) is 6.17. The van der Waals surface area contributed by atoms with Gasteiger partial charge in [-0.3, -0.25) is 4.79 Å². The Hall–Kier alpha value is -4.68. The highest BCUT2D eigenvalue weighted by molar-refractivity contribution is 5.98. The van der Waals surface area contributed by atoms with Crippen molar-refractivity contribution in [2.45, 2.75) is 44.5 Å². The standard InChI is InChI=1S/C26H21F3N6O4/c1-26(2,34-25(37)38)23-30-9-11(10-31-23)13-6-17-15(7-14(13)27)32-21-16-8-18(35(17)21)20-12(22(36)33-16)4-3-5-19(20)39-24(28)29/h3-7,9-10,16,18,24,34H,8H2,1-2H3,(H,33,36)(H,37,38)/t16-,18-/m1/s1. The molecule has 39 heavy (non-hydrogen) atoms. The molecule has 6 rings (SSSR count). The second kappa shape index (κ2) is 8.68. The Morgan fingerprint density at radius 2 is 1.97 bits per heavy atom. The summed E-state index contributed by atoms with van der Waals surface area (Å²) in [4.78, 5) is 37.1. The fraction of sp³-hybridized carbons (Fsp3) is 0.269. The molecule has 13 heteroatoms. The minimum Gasteiger partial charge on any atom is -0.465 e. The normalized spacial score (nSPS) is 17.9. The van der Waals surface area contributed by atoms with Crippen molar-refractivity contribution >= 4 is 23.0 Å². The third kappa shape index (κ3) is 4.01. The minimum absolute atomic E-state index is 0.109. The number of carboxylic acid groups (broad SMARTS) is 1. The molecule has 0 radical (unpaired) electrons. The molecular formula is C26H21F3N6O4. The number of benzene rings is 2. The van der Waals surface area contributed by atoms with Gasteiger partial charge in [0.1, 0.15) is 17.4 Å². The highest BCUT2D eigenvalue weighted by Gasteiger charge is 2.42. The van der Waals surface area contributed by atoms with Gasteiger partial charge >= 0.3 is 12.7 Å². The average Bonchev–Trinajstić information content (AvgIpc) is 3.34. The van der Waals surface area contributed by atoms with Gasteiger partial charge < -0.3 is 25.0 Å². The first-order chi connectivity index (χ1) is 18.5. The van der Waals surface area contributed by atoms with Crippen LogP contribution in [0.5, 0.6) is 5.75 Å². The molecule has 2 aromatic carbocycles. The zero-order chi connectivity index (χ0) is 27.6. The number of nitrogens with zero attached hydrogens (tertiary/aromatic N) is 4. The maximum absolute atomic E-state index is 15.3. The van der Waals surface area contributed by atoms with Crippen LogP contribution in [0.15, 0.2) is 42.7 Å². The smallest absolute Gasteiger partial charge is 0.405 e. The summed E-state index contributed by atoms with van der Waals surface area (Å²) in [6.45, 7) is 0.113. The molecular weight excluding hydrogens is 517 g/mol. The van der Waals surface area contributed by atoms with E-state index in [1.807, 2.05) is 4.57 Å². The van der Waals surface area contributed by atoms with E-state index < -0.39 is 42.1 Å². The van der Waals surface area contributed by atoms with Crippen LogP contribution in [0.4, 0.5) is 18.0 Å². The van der Waals surface area contributed by atoms with E-state index in [1.165, 1.54) is 30.6 Å². The van der Waals surface area contributed by atoms with E-state index in [0.717, 1.165) is 0 Å². The third-order valence-electron chi connectivity index (χ3n) is 6.99. The van der Waals surface area contributed by atoms with Crippen LogP contribution in [-0.4, -0.2) is 43.2 Å². The Labute approximate surface area is 218 Å². The second-order valence-corrected chi connectivity index (χ2v) is 9.88. The lowest BCUT2D eigenvalue weighted by Gasteiger charge is -2.22. The average molecular weight is 538 g/mol. The van der Waals surface area contributed by atoms with Crippen LogP contribution in [0.25, 0.3) is 22.2 Å². The monoisotopic (exact) mass is 538 g/mol. The summed E-state index contributed by atoms with van der Waals surface area (Å²) in [5.74, 6) is -0.454. The van der Waals surface area contributed by atoms with Gasteiger partial charge in [-0.1, -0.05) is 6.07 Å². The van der Waals surface area contributed by atoms with Crippen LogP contribution >= 0.6 is 0 Å². The summed E-state index contributed by atoms with van der Waals surface area (Å²) in [5.41, 5.74) is 0.815. The Bertz CT molecular complexity index is 1650. The van der Waals surface area contributed by atoms with E-state index in [0.29, 0.717) is 34.4 Å². The number of carbonyl (C=O) groups excluding carboxylic acids is 1. The molecule has 0 aliphatic carbocycles. The van der Waals surface area contributed by atoms with Crippen molar-refractivity contribution in [3.8, 4) is 16.9 Å². The molecule has 0 unspecified atom stereocenters. The van der Waals surface area contributed by atoms with Crippen molar-refractivity contribution in [3.63, 3.8) is 0 Å². The topological polar surface area (TPSA) is 131 Å². The van der Waals surface area contributed by atoms with Crippen molar-refractivity contribution in [2.75, 3.05) is 0 Å². The van der Waals surface area contributed by atoms with Gasteiger partial charge in [-0.2, -0.15) is 8.78 Å². The largest absolute Gasteiger partial charge is 0.465 e. The molecule has 200 valence electrons. The Kier molecular flexibility index (Phi) is 5.49. The van der Waals surface area contributed by atoms with Gasteiger partial charge in [0.05, 0.1) is 28.7 Å². The number of ether oxygens (including phenoxy) is 1. The van der Waals surface area contributed by atoms with Crippen LogP contribution in [0.1, 0.15) is 59.9 Å². The van der Waals surface area contributed by atoms with Crippen molar-refractivity contribution in [1.29, 1.82) is 0 Å². The first kappa shape index (κ1) is 24.6. The molecule has 4 heterocycles. The Morgan fingerprint density at radius 3 is 2.67 bits per heavy atom. The first-order valence-electron chi connectivity index (χ1n) is 12.0. The molecule has 0 saturated heterocycles. The SMILES string of the molecule is CC(C)(NC(=O)O)c1ncc(-c2cc3c(cc2F)nc2n3[C@@H]3C[C@H]2NC(=O)c2cccc(OC(F)F)c23)cn1. The summed E-state index contributed by atoms with van der Waals surface area (Å²) in [5, 5.41) is 14.3. The predicted octanol–water partition coefficient (Wildman–Crippen LogP) is 4.51. The molecule has 2 amide bonds. The van der Waals surface area contributed by atoms with Crippen molar-refractivity contribution < 1.29 is 32.6 Å². The lowest BCUT2D eigenvalue weighted by atomic mass is 9.97. The number of halogens is 3. The number of carbonyl (C=O) groups is 2. The highest BCUT2D eigenvalue weighted by Crippen LogP contribution is 2.48. The number of imidazole rings is 1. The molecule has 2 aliphatic heterocycles. The van der Waals surface area contributed by atoms with Gasteiger partial charge in [-0.25, -0.2) is 24.1 Å². The van der Waals surface area contributed by atoms with Crippen LogP contribution in [0.2, 0.25) is 0 Å². The maximum atomic E-state index is 15.3. The molecule has 2 aliphatic rings. The van der Waals surface area contributed by atoms with Gasteiger partial charge in [0.15, 0.2) is 5.82 Å². The molecule has 4 aromatic rings. The van der Waals surface area contributed by atoms with Crippen molar-refractivity contribution in [3.05, 3.63) is 71.3 Å². The van der Waals surface area contributed by atoms with Gasteiger partial charge in [0.25, 0.3) is 5.91 Å². The molecule has 2 aromatic heterocycles. The zero-order valence-corrected chi connectivity index (χ0v) is 20.6. The summed E-state index contributed by atoms with van der Waals surface area (Å²) < 4.78 is 48.4. The van der Waals surface area contributed by atoms with E-state index >= 15 is 4.39 Å². The number of aromatic nitrogens is 4. The van der Waals surface area contributed by atoms with Gasteiger partial charge in [0.2, 0.25) is 0 Å². The van der Waals surface area contributed by atoms with Crippen LogP contribution < -0.4 is 15.4 Å². The molecule has 2 atom stereocenters.